The summed E-state index contributed by atoms with van der Waals surface area (Å²) in [5, 5.41) is 2.92. The number of hydrogen-bond donors (Lipinski definition) is 1. The zero-order valence-electron chi connectivity index (χ0n) is 18.4. The Morgan fingerprint density at radius 3 is 2.72 bits per heavy atom. The number of rotatable bonds is 7. The third-order valence-corrected chi connectivity index (χ3v) is 6.15. The molecule has 2 aliphatic rings. The first kappa shape index (κ1) is 22.0. The zero-order valence-corrected chi connectivity index (χ0v) is 18.4. The first-order valence-corrected chi connectivity index (χ1v) is 11.0. The van der Waals surface area contributed by atoms with Crippen LogP contribution < -0.4 is 5.32 Å². The Kier molecular flexibility index (Phi) is 6.55. The lowest BCUT2D eigenvalue weighted by atomic mass is 10.0. The van der Waals surface area contributed by atoms with Crippen LogP contribution in [0, 0.1) is 13.8 Å². The largest absolute Gasteiger partial charge is 0.453 e. The second-order valence-electron chi connectivity index (χ2n) is 8.39. The van der Waals surface area contributed by atoms with Crippen molar-refractivity contribution in [1.82, 2.24) is 4.90 Å². The van der Waals surface area contributed by atoms with Gasteiger partial charge in [-0.05, 0) is 49.9 Å². The molecule has 168 valence electrons. The van der Waals surface area contributed by atoms with E-state index in [9.17, 15) is 14.4 Å². The highest BCUT2D eigenvalue weighted by atomic mass is 16.5. The smallest absolute Gasteiger partial charge is 0.339 e. The Labute approximate surface area is 187 Å². The molecule has 2 aromatic rings. The van der Waals surface area contributed by atoms with Gasteiger partial charge >= 0.3 is 5.97 Å². The zero-order chi connectivity index (χ0) is 22.7. The topological polar surface area (TPSA) is 84.9 Å². The minimum absolute atomic E-state index is 0.00771. The van der Waals surface area contributed by atoms with E-state index >= 15 is 0 Å². The number of fused-ring (bicyclic) bond motifs is 1. The third kappa shape index (κ3) is 4.83. The lowest BCUT2D eigenvalue weighted by Crippen LogP contribution is -2.42. The van der Waals surface area contributed by atoms with Crippen molar-refractivity contribution in [3.8, 4) is 0 Å². The van der Waals surface area contributed by atoms with Crippen molar-refractivity contribution in [1.29, 1.82) is 0 Å². The Morgan fingerprint density at radius 1 is 1.12 bits per heavy atom. The van der Waals surface area contributed by atoms with Gasteiger partial charge < -0.3 is 19.7 Å². The van der Waals surface area contributed by atoms with Gasteiger partial charge in [-0.2, -0.15) is 0 Å². The van der Waals surface area contributed by atoms with E-state index in [0.717, 1.165) is 29.7 Å². The van der Waals surface area contributed by atoms with Gasteiger partial charge in [0, 0.05) is 24.4 Å². The summed E-state index contributed by atoms with van der Waals surface area (Å²) in [5.41, 5.74) is 4.01. The van der Waals surface area contributed by atoms with Gasteiger partial charge in [0.05, 0.1) is 24.6 Å². The first-order chi connectivity index (χ1) is 15.4. The SMILES string of the molecule is Cc1cccc(NC(=O)CN(C[C@@H]2CCCO2)C(=O)C[C@H]2OC(=O)c3ccccc32)c1C. The fraction of sp³-hybridized carbons (Fsp3) is 0.400. The van der Waals surface area contributed by atoms with Gasteiger partial charge in [0.1, 0.15) is 6.10 Å². The van der Waals surface area contributed by atoms with Crippen molar-refractivity contribution in [3.05, 3.63) is 64.7 Å². The Balaban J connectivity index is 1.46. The fourth-order valence-electron chi connectivity index (χ4n) is 4.20. The van der Waals surface area contributed by atoms with Crippen LogP contribution in [0.3, 0.4) is 0 Å². The Hall–Kier alpha value is -3.19. The van der Waals surface area contributed by atoms with E-state index in [1.807, 2.05) is 38.1 Å². The lowest BCUT2D eigenvalue weighted by molar-refractivity contribution is -0.138. The lowest BCUT2D eigenvalue weighted by Gasteiger charge is -2.26. The number of benzene rings is 2. The number of amides is 2. The van der Waals surface area contributed by atoms with Crippen LogP contribution in [-0.2, 0) is 19.1 Å². The molecule has 1 fully saturated rings. The van der Waals surface area contributed by atoms with Crippen LogP contribution in [0.1, 0.15) is 52.4 Å². The number of nitrogens with one attached hydrogen (secondary N) is 1. The second kappa shape index (κ2) is 9.53. The van der Waals surface area contributed by atoms with Crippen LogP contribution in [0.5, 0.6) is 0 Å². The third-order valence-electron chi connectivity index (χ3n) is 6.15. The van der Waals surface area contributed by atoms with E-state index in [-0.39, 0.29) is 30.9 Å². The number of anilines is 1. The fourth-order valence-corrected chi connectivity index (χ4v) is 4.20. The van der Waals surface area contributed by atoms with Crippen LogP contribution in [0.2, 0.25) is 0 Å². The summed E-state index contributed by atoms with van der Waals surface area (Å²) in [5.74, 6) is -0.934. The van der Waals surface area contributed by atoms with Gasteiger partial charge in [0.2, 0.25) is 11.8 Å². The Morgan fingerprint density at radius 2 is 1.94 bits per heavy atom. The molecule has 2 atom stereocenters. The molecular weight excluding hydrogens is 408 g/mol. The molecule has 32 heavy (non-hydrogen) atoms. The first-order valence-electron chi connectivity index (χ1n) is 11.0. The predicted octanol–water partition coefficient (Wildman–Crippen LogP) is 3.55. The molecule has 1 N–H and O–H groups in total. The standard InChI is InChI=1S/C25H28N2O5/c1-16-7-5-11-21(17(16)2)26-23(28)15-27(14-18-8-6-12-31-18)24(29)13-22-19-9-3-4-10-20(19)25(30)32-22/h3-5,7,9-11,18,22H,6,8,12-15H2,1-2H3,(H,26,28)/t18-,22+/m0/s1. The second-order valence-corrected chi connectivity index (χ2v) is 8.39. The van der Waals surface area contributed by atoms with Crippen molar-refractivity contribution < 1.29 is 23.9 Å². The molecule has 0 aromatic heterocycles. The number of carbonyl (C=O) groups is 3. The Bertz CT molecular complexity index is 1030. The van der Waals surface area contributed by atoms with Crippen LogP contribution in [0.4, 0.5) is 5.69 Å². The van der Waals surface area contributed by atoms with E-state index in [1.54, 1.807) is 18.2 Å². The summed E-state index contributed by atoms with van der Waals surface area (Å²) in [6.07, 6.45) is 1.05. The minimum atomic E-state index is -0.639. The molecule has 0 bridgehead atoms. The highest BCUT2D eigenvalue weighted by molar-refractivity contribution is 5.96. The summed E-state index contributed by atoms with van der Waals surface area (Å²) in [6, 6.07) is 12.8. The molecule has 4 rings (SSSR count). The number of aryl methyl sites for hydroxylation is 1. The van der Waals surface area contributed by atoms with Crippen molar-refractivity contribution in [2.45, 2.75) is 45.3 Å². The summed E-state index contributed by atoms with van der Waals surface area (Å²) >= 11 is 0. The number of carbonyl (C=O) groups excluding carboxylic acids is 3. The van der Waals surface area contributed by atoms with Crippen LogP contribution >= 0.6 is 0 Å². The van der Waals surface area contributed by atoms with Gasteiger partial charge in [-0.25, -0.2) is 4.79 Å². The van der Waals surface area contributed by atoms with Crippen molar-refractivity contribution in [2.75, 3.05) is 25.0 Å². The number of esters is 1. The highest BCUT2D eigenvalue weighted by Gasteiger charge is 2.34. The molecule has 7 heteroatoms. The molecule has 0 spiro atoms. The van der Waals surface area contributed by atoms with Gasteiger partial charge in [-0.3, -0.25) is 9.59 Å². The maximum atomic E-state index is 13.2. The normalized spacial score (nSPS) is 19.4. The van der Waals surface area contributed by atoms with E-state index in [0.29, 0.717) is 24.3 Å². The van der Waals surface area contributed by atoms with Gasteiger partial charge in [-0.1, -0.05) is 30.3 Å². The maximum absolute atomic E-state index is 13.2. The van der Waals surface area contributed by atoms with Gasteiger partial charge in [0.15, 0.2) is 0 Å². The summed E-state index contributed by atoms with van der Waals surface area (Å²) < 4.78 is 11.1. The number of nitrogens with zero attached hydrogens (tertiary/aromatic N) is 1. The molecule has 2 aliphatic heterocycles. The number of hydrogen-bond acceptors (Lipinski definition) is 5. The van der Waals surface area contributed by atoms with Crippen LogP contribution in [-0.4, -0.2) is 48.5 Å². The molecule has 0 saturated carbocycles. The van der Waals surface area contributed by atoms with Crippen molar-refractivity contribution in [2.24, 2.45) is 0 Å². The summed E-state index contributed by atoms with van der Waals surface area (Å²) in [7, 11) is 0. The predicted molar refractivity (Wildman–Crippen MR) is 119 cm³/mol. The summed E-state index contributed by atoms with van der Waals surface area (Å²) in [6.45, 7) is 4.84. The van der Waals surface area contributed by atoms with Gasteiger partial charge in [-0.15, -0.1) is 0 Å². The molecule has 0 radical (unpaired) electrons. The van der Waals surface area contributed by atoms with Crippen LogP contribution in [0.15, 0.2) is 42.5 Å². The molecule has 2 aromatic carbocycles. The van der Waals surface area contributed by atoms with E-state index in [4.69, 9.17) is 9.47 Å². The van der Waals surface area contributed by atoms with E-state index < -0.39 is 12.1 Å². The molecule has 7 nitrogen and oxygen atoms in total. The maximum Gasteiger partial charge on any atom is 0.339 e. The van der Waals surface area contributed by atoms with E-state index in [1.165, 1.54) is 4.90 Å². The number of ether oxygens (including phenoxy) is 2. The molecule has 2 amide bonds. The monoisotopic (exact) mass is 436 g/mol. The molecular formula is C25H28N2O5. The highest BCUT2D eigenvalue weighted by Crippen LogP contribution is 2.33. The molecule has 0 aliphatic carbocycles. The molecule has 1 saturated heterocycles. The van der Waals surface area contributed by atoms with E-state index in [2.05, 4.69) is 5.32 Å². The molecule has 2 heterocycles. The average Bonchev–Trinajstić information content (AvgIpc) is 3.39. The number of cyclic esters (lactones) is 1. The van der Waals surface area contributed by atoms with Gasteiger partial charge in [0.25, 0.3) is 0 Å². The minimum Gasteiger partial charge on any atom is -0.453 e. The molecule has 0 unspecified atom stereocenters. The van der Waals surface area contributed by atoms with Crippen LogP contribution in [0.25, 0.3) is 0 Å². The van der Waals surface area contributed by atoms with Crippen molar-refractivity contribution >= 4 is 23.5 Å². The average molecular weight is 437 g/mol. The summed E-state index contributed by atoms with van der Waals surface area (Å²) in [4.78, 5) is 39.7. The van der Waals surface area contributed by atoms with Crippen molar-refractivity contribution in [3.63, 3.8) is 0 Å². The quantitative estimate of drug-likeness (QED) is 0.671.